The summed E-state index contributed by atoms with van der Waals surface area (Å²) < 4.78 is 73.3. The number of carbonyl (C=O) groups excluding carboxylic acids is 7. The summed E-state index contributed by atoms with van der Waals surface area (Å²) >= 11 is 0.659. The smallest absolute Gasteiger partial charge is 0.481 e. The number of carbonyl (C=O) groups is 9. The topological polar surface area (TPSA) is 485 Å². The number of aldehydes is 1. The number of nitrogens with zero attached hydrogens (tertiary/aromatic N) is 4. The van der Waals surface area contributed by atoms with Crippen molar-refractivity contribution in [3.63, 3.8) is 0 Å². The van der Waals surface area contributed by atoms with Crippen LogP contribution in [-0.2, 0) is 88.9 Å². The van der Waals surface area contributed by atoms with E-state index < -0.39 is 139 Å². The van der Waals surface area contributed by atoms with Gasteiger partial charge < -0.3 is 60.4 Å². The highest BCUT2D eigenvalue weighted by molar-refractivity contribution is 8.13. The SMILES string of the molecule is CC(C)(COP(=O)(O)OP(=O)(O)OC[C@H]1O[C@@H](n2cnc3c(N)ncnc32)[C@H](OC(=O)CC(=O)C(=O)O)[C@@H]1OP(=O)(O)O)[C@@H](OC(=O)C=O)C(=O)NCCC(=O)NCCSC(=O)CC(=O)O. The van der Waals surface area contributed by atoms with Gasteiger partial charge in [-0.15, -0.1) is 0 Å². The van der Waals surface area contributed by atoms with Crippen molar-refractivity contribution in [2.45, 2.75) is 63.8 Å². The zero-order valence-corrected chi connectivity index (χ0v) is 37.3. The molecule has 36 heteroatoms. The highest BCUT2D eigenvalue weighted by atomic mass is 32.2. The number of nitrogens with one attached hydrogen (secondary N) is 2. The maximum Gasteiger partial charge on any atom is 0.481 e. The number of fused-ring (bicyclic) bond motifs is 1. The van der Waals surface area contributed by atoms with Gasteiger partial charge in [0.1, 0.15) is 36.9 Å². The summed E-state index contributed by atoms with van der Waals surface area (Å²) in [7, 11) is -17.3. The number of aliphatic carboxylic acids is 2. The number of anilines is 1. The van der Waals surface area contributed by atoms with Gasteiger partial charge in [0.05, 0.1) is 19.5 Å². The first-order valence-corrected chi connectivity index (χ1v) is 23.6. The second-order valence-corrected chi connectivity index (χ2v) is 19.1. The first-order valence-electron chi connectivity index (χ1n) is 18.1. The molecule has 66 heavy (non-hydrogen) atoms. The van der Waals surface area contributed by atoms with E-state index in [-0.39, 0.29) is 42.0 Å². The van der Waals surface area contributed by atoms with Crippen molar-refractivity contribution in [2.75, 3.05) is 37.8 Å². The average Bonchev–Trinajstić information content (AvgIpc) is 3.77. The number of hydrogen-bond acceptors (Lipinski definition) is 24. The predicted octanol–water partition coefficient (Wildman–Crippen LogP) is -2.52. The van der Waals surface area contributed by atoms with Crippen LogP contribution >= 0.6 is 35.2 Å². The van der Waals surface area contributed by atoms with Crippen LogP contribution < -0.4 is 16.4 Å². The number of esters is 2. The number of ether oxygens (including phenoxy) is 3. The van der Waals surface area contributed by atoms with Gasteiger partial charge >= 0.3 is 47.3 Å². The largest absolute Gasteiger partial charge is 0.481 e. The summed E-state index contributed by atoms with van der Waals surface area (Å²) in [6.45, 7) is -0.799. The quantitative estimate of drug-likeness (QED) is 0.0111. The van der Waals surface area contributed by atoms with Gasteiger partial charge in [-0.1, -0.05) is 25.6 Å². The summed E-state index contributed by atoms with van der Waals surface area (Å²) in [6.07, 6.45) is -11.2. The molecule has 1 fully saturated rings. The first-order chi connectivity index (χ1) is 30.5. The summed E-state index contributed by atoms with van der Waals surface area (Å²) in [5.41, 5.74) is 3.64. The highest BCUT2D eigenvalue weighted by Gasteiger charge is 2.53. The molecule has 2 unspecified atom stereocenters. The van der Waals surface area contributed by atoms with Crippen LogP contribution in [-0.4, -0.2) is 159 Å². The Hall–Kier alpha value is -5.14. The minimum atomic E-state index is -5.88. The number of phosphoric acid groups is 3. The predicted molar refractivity (Wildman–Crippen MR) is 210 cm³/mol. The Morgan fingerprint density at radius 3 is 2.24 bits per heavy atom. The van der Waals surface area contributed by atoms with E-state index in [1.54, 1.807) is 0 Å². The van der Waals surface area contributed by atoms with Gasteiger partial charge in [0.25, 0.3) is 11.7 Å². The van der Waals surface area contributed by atoms with Crippen LogP contribution in [0.25, 0.3) is 11.2 Å². The van der Waals surface area contributed by atoms with Gasteiger partial charge in [-0.2, -0.15) is 4.31 Å². The zero-order chi connectivity index (χ0) is 49.8. The average molecular weight is 1020 g/mol. The number of carboxylic acid groups (broad SMARTS) is 2. The van der Waals surface area contributed by atoms with Gasteiger partial charge in [0, 0.05) is 30.7 Å². The lowest BCUT2D eigenvalue weighted by Crippen LogP contribution is -2.49. The molecule has 1 aliphatic rings. The number of aromatic nitrogens is 4. The van der Waals surface area contributed by atoms with Crippen molar-refractivity contribution >= 4 is 105 Å². The number of imidazole rings is 1. The molecule has 366 valence electrons. The van der Waals surface area contributed by atoms with Crippen molar-refractivity contribution in [3.8, 4) is 0 Å². The third kappa shape index (κ3) is 17.3. The Bertz CT molecular complexity index is 2340. The number of hydrogen-bond donors (Lipinski definition) is 9. The number of nitrogen functional groups attached to an aromatic ring is 1. The van der Waals surface area contributed by atoms with E-state index in [0.29, 0.717) is 11.8 Å². The third-order valence-electron chi connectivity index (χ3n) is 8.14. The standard InChI is InChI=1S/C30H40N7O25P3S/c1-30(2,24(60-19(44)9-38)27(46)33-4-3-16(40)32-5-6-66-20(45)8-17(41)42)11-57-65(54,55)62-64(52,53)56-10-15-22(61-63(49,50)51)23(59-18(43)7-14(39)29(47)48)28(58-15)37-13-36-21-25(31)34-12-35-26(21)37/h9,12-13,15,22-24,28H,3-8,10-11H2,1-2H3,(H,32,40)(H,33,46)(H,41,42)(H,47,48)(H,52,53)(H,54,55)(H2,31,34,35)(H2,49,50,51)/t15-,22-,23-,24+,28-/m1/s1. The van der Waals surface area contributed by atoms with Gasteiger partial charge in [0.15, 0.2) is 35.0 Å². The van der Waals surface area contributed by atoms with Crippen molar-refractivity contribution < 1.29 is 119 Å². The Morgan fingerprint density at radius 2 is 1.62 bits per heavy atom. The van der Waals surface area contributed by atoms with Gasteiger partial charge in [-0.25, -0.2) is 38.2 Å². The molecule has 0 aromatic carbocycles. The molecule has 3 rings (SSSR count). The van der Waals surface area contributed by atoms with E-state index in [2.05, 4.69) is 29.9 Å². The summed E-state index contributed by atoms with van der Waals surface area (Å²) in [4.78, 5) is 158. The summed E-state index contributed by atoms with van der Waals surface area (Å²) in [6, 6.07) is 0. The van der Waals surface area contributed by atoms with Crippen molar-refractivity contribution in [1.82, 2.24) is 30.2 Å². The second-order valence-electron chi connectivity index (χ2n) is 13.8. The lowest BCUT2D eigenvalue weighted by molar-refractivity contribution is -0.165. The summed E-state index contributed by atoms with van der Waals surface area (Å²) in [5, 5.41) is 21.5. The van der Waals surface area contributed by atoms with Crippen molar-refractivity contribution in [3.05, 3.63) is 12.7 Å². The number of rotatable bonds is 27. The zero-order valence-electron chi connectivity index (χ0n) is 33.8. The molecule has 32 nitrogen and oxygen atoms in total. The van der Waals surface area contributed by atoms with Gasteiger partial charge in [-0.05, 0) is 0 Å². The Labute approximate surface area is 373 Å². The van der Waals surface area contributed by atoms with E-state index in [0.717, 1.165) is 31.1 Å². The van der Waals surface area contributed by atoms with Crippen LogP contribution in [0.5, 0.6) is 0 Å². The van der Waals surface area contributed by atoms with Crippen molar-refractivity contribution in [1.29, 1.82) is 0 Å². The number of Topliss-reactive ketones (excluding diaryl/α,β-unsaturated/α-hetero) is 1. The van der Waals surface area contributed by atoms with E-state index >= 15 is 0 Å². The molecule has 1 aliphatic heterocycles. The Kier molecular flexibility index (Phi) is 19.7. The first kappa shape index (κ1) is 55.2. The van der Waals surface area contributed by atoms with Gasteiger partial charge in [0.2, 0.25) is 12.2 Å². The minimum absolute atomic E-state index is 0.0308. The van der Waals surface area contributed by atoms with E-state index in [9.17, 15) is 76.4 Å². The number of ketones is 1. The molecule has 2 aromatic heterocycles. The molecule has 0 aliphatic carbocycles. The monoisotopic (exact) mass is 1020 g/mol. The molecular formula is C30H40N7O25P3S. The molecule has 0 spiro atoms. The lowest BCUT2D eigenvalue weighted by Gasteiger charge is -2.32. The molecule has 7 atom stereocenters. The fourth-order valence-electron chi connectivity index (χ4n) is 5.32. The molecule has 1 saturated heterocycles. The van der Waals surface area contributed by atoms with E-state index in [4.69, 9.17) is 43.7 Å². The lowest BCUT2D eigenvalue weighted by atomic mass is 9.86. The van der Waals surface area contributed by atoms with Crippen LogP contribution in [0.4, 0.5) is 5.82 Å². The number of carboxylic acids is 2. The molecule has 10 N–H and O–H groups in total. The maximum atomic E-state index is 13.1. The van der Waals surface area contributed by atoms with E-state index in [1.165, 1.54) is 0 Å². The Balaban J connectivity index is 1.73. The minimum Gasteiger partial charge on any atom is -0.481 e. The number of amides is 2. The normalized spacial score (nSPS) is 19.7. The van der Waals surface area contributed by atoms with Crippen molar-refractivity contribution in [2.24, 2.45) is 5.41 Å². The van der Waals surface area contributed by atoms with Crippen LogP contribution in [0.15, 0.2) is 12.7 Å². The molecular weight excluding hydrogens is 983 g/mol. The third-order valence-corrected chi connectivity index (χ3v) is 12.1. The number of phosphoric ester groups is 3. The molecule has 2 aromatic rings. The van der Waals surface area contributed by atoms with Crippen LogP contribution in [0, 0.1) is 5.41 Å². The number of nitrogens with two attached hydrogens (primary N) is 1. The molecule has 0 radical (unpaired) electrons. The fourth-order valence-corrected chi connectivity index (χ4v) is 8.81. The molecule has 2 amide bonds. The highest BCUT2D eigenvalue weighted by Crippen LogP contribution is 2.61. The fraction of sp³-hybridized carbons (Fsp3) is 0.533. The van der Waals surface area contributed by atoms with Crippen LogP contribution in [0.3, 0.4) is 0 Å². The van der Waals surface area contributed by atoms with Gasteiger partial charge in [-0.3, -0.25) is 51.7 Å². The molecule has 0 bridgehead atoms. The summed E-state index contributed by atoms with van der Waals surface area (Å²) in [5.74, 6) is -10.2. The molecule has 0 saturated carbocycles. The van der Waals surface area contributed by atoms with Crippen LogP contribution in [0.2, 0.25) is 0 Å². The van der Waals surface area contributed by atoms with Crippen LogP contribution in [0.1, 0.15) is 39.3 Å². The number of thioether (sulfide) groups is 1. The Morgan fingerprint density at radius 1 is 0.955 bits per heavy atom. The van der Waals surface area contributed by atoms with E-state index in [1.807, 2.05) is 0 Å². The maximum absolute atomic E-state index is 13.1. The molecule has 3 heterocycles. The second kappa shape index (κ2) is 23.5.